The second kappa shape index (κ2) is 7.94. The zero-order valence-corrected chi connectivity index (χ0v) is 17.5. The summed E-state index contributed by atoms with van der Waals surface area (Å²) in [4.78, 5) is -0.334. The zero-order chi connectivity index (χ0) is 17.3. The number of hydrogen-bond donors (Lipinski definition) is 1. The fraction of sp³-hybridized carbons (Fsp3) is 0. The molecule has 3 aromatic carbocycles. The summed E-state index contributed by atoms with van der Waals surface area (Å²) in [6, 6.07) is 13.9. The number of azo groups is 1. The summed E-state index contributed by atoms with van der Waals surface area (Å²) >= 11 is 3.38. The van der Waals surface area contributed by atoms with E-state index in [4.69, 9.17) is 0 Å². The van der Waals surface area contributed by atoms with Crippen molar-refractivity contribution in [2.24, 2.45) is 10.2 Å². The van der Waals surface area contributed by atoms with Crippen LogP contribution in [0.15, 0.2) is 74.2 Å². The molecule has 0 saturated heterocycles. The van der Waals surface area contributed by atoms with Crippen LogP contribution in [-0.4, -0.2) is 18.1 Å². The molecular formula is C16H10BrN2NaO4S. The van der Waals surface area contributed by atoms with Gasteiger partial charge in [0, 0.05) is 9.86 Å². The Morgan fingerprint density at radius 2 is 1.64 bits per heavy atom. The van der Waals surface area contributed by atoms with Gasteiger partial charge in [-0.05, 0) is 47.9 Å². The summed E-state index contributed by atoms with van der Waals surface area (Å²) in [7, 11) is -4.49. The van der Waals surface area contributed by atoms with E-state index in [9.17, 15) is 18.1 Å². The van der Waals surface area contributed by atoms with Gasteiger partial charge in [-0.1, -0.05) is 28.1 Å². The minimum atomic E-state index is -4.49. The number of phenolic OH excluding ortho intramolecular Hbond substituents is 1. The van der Waals surface area contributed by atoms with Gasteiger partial charge in [0.2, 0.25) is 0 Å². The Morgan fingerprint density at radius 3 is 2.28 bits per heavy atom. The molecule has 0 bridgehead atoms. The van der Waals surface area contributed by atoms with E-state index >= 15 is 0 Å². The van der Waals surface area contributed by atoms with Gasteiger partial charge >= 0.3 is 29.6 Å². The van der Waals surface area contributed by atoms with Crippen molar-refractivity contribution in [1.82, 2.24) is 0 Å². The Labute approximate surface area is 174 Å². The smallest absolute Gasteiger partial charge is 0.744 e. The first kappa shape index (κ1) is 20.0. The van der Waals surface area contributed by atoms with Crippen LogP contribution < -0.4 is 29.6 Å². The molecule has 0 unspecified atom stereocenters. The van der Waals surface area contributed by atoms with Gasteiger partial charge < -0.3 is 9.66 Å². The second-order valence-electron chi connectivity index (χ2n) is 4.95. The molecule has 3 aromatic rings. The number of phenols is 1. The molecule has 0 aliphatic rings. The van der Waals surface area contributed by atoms with E-state index in [1.54, 1.807) is 12.1 Å². The van der Waals surface area contributed by atoms with Crippen LogP contribution in [0.3, 0.4) is 0 Å². The second-order valence-corrected chi connectivity index (χ2v) is 7.24. The van der Waals surface area contributed by atoms with Crippen LogP contribution in [-0.2, 0) is 10.1 Å². The third-order valence-corrected chi connectivity index (χ3v) is 4.67. The SMILES string of the molecule is O=S(=O)([O-])c1ccc(N=Nc2c(O)ccc3cc(Br)ccc23)cc1.[Na+]. The van der Waals surface area contributed by atoms with Gasteiger partial charge in [-0.2, -0.15) is 5.11 Å². The van der Waals surface area contributed by atoms with Gasteiger partial charge in [-0.15, -0.1) is 5.11 Å². The Hall–Kier alpha value is -1.29. The normalized spacial score (nSPS) is 11.6. The number of halogens is 1. The van der Waals surface area contributed by atoms with Crippen molar-refractivity contribution >= 4 is 48.2 Å². The van der Waals surface area contributed by atoms with Crippen LogP contribution in [0.2, 0.25) is 0 Å². The first-order valence-electron chi connectivity index (χ1n) is 6.73. The van der Waals surface area contributed by atoms with Gasteiger partial charge in [-0.25, -0.2) is 8.42 Å². The first-order valence-corrected chi connectivity index (χ1v) is 8.94. The van der Waals surface area contributed by atoms with Crippen LogP contribution in [0, 0.1) is 0 Å². The Bertz CT molecular complexity index is 1050. The molecule has 6 nitrogen and oxygen atoms in total. The minimum Gasteiger partial charge on any atom is -0.744 e. The molecule has 0 heterocycles. The molecule has 0 spiro atoms. The third kappa shape index (κ3) is 4.66. The van der Waals surface area contributed by atoms with Gasteiger partial charge in [0.05, 0.1) is 10.6 Å². The number of aromatic hydroxyl groups is 1. The van der Waals surface area contributed by atoms with Gasteiger partial charge in [0.25, 0.3) is 0 Å². The Morgan fingerprint density at radius 1 is 0.960 bits per heavy atom. The van der Waals surface area contributed by atoms with Gasteiger partial charge in [0.1, 0.15) is 21.6 Å². The predicted molar refractivity (Wildman–Crippen MR) is 91.9 cm³/mol. The van der Waals surface area contributed by atoms with E-state index in [-0.39, 0.29) is 40.2 Å². The van der Waals surface area contributed by atoms with Crippen molar-refractivity contribution < 1.29 is 47.6 Å². The summed E-state index contributed by atoms with van der Waals surface area (Å²) in [5, 5.41) is 19.7. The van der Waals surface area contributed by atoms with Crippen molar-refractivity contribution in [2.45, 2.75) is 4.90 Å². The van der Waals surface area contributed by atoms with Crippen molar-refractivity contribution in [1.29, 1.82) is 0 Å². The summed E-state index contributed by atoms with van der Waals surface area (Å²) < 4.78 is 33.6. The Balaban J connectivity index is 0.00000225. The summed E-state index contributed by atoms with van der Waals surface area (Å²) in [6.45, 7) is 0. The molecule has 0 aliphatic heterocycles. The van der Waals surface area contributed by atoms with Crippen molar-refractivity contribution in [3.8, 4) is 5.75 Å². The maximum atomic E-state index is 10.9. The molecule has 1 N–H and O–H groups in total. The summed E-state index contributed by atoms with van der Waals surface area (Å²) in [6.07, 6.45) is 0. The molecule has 0 radical (unpaired) electrons. The molecule has 0 fully saturated rings. The Kier molecular flexibility index (Phi) is 6.36. The van der Waals surface area contributed by atoms with E-state index in [0.717, 1.165) is 27.4 Å². The van der Waals surface area contributed by atoms with Crippen molar-refractivity contribution in [2.75, 3.05) is 0 Å². The van der Waals surface area contributed by atoms with Crippen LogP contribution in [0.25, 0.3) is 10.8 Å². The van der Waals surface area contributed by atoms with E-state index in [1.165, 1.54) is 18.2 Å². The summed E-state index contributed by atoms with van der Waals surface area (Å²) in [5.41, 5.74) is 0.663. The standard InChI is InChI=1S/C16H11BrN2O4S.Na/c17-11-2-7-14-10(9-11)1-8-15(20)16(14)19-18-12-3-5-13(6-4-12)24(21,22)23;/h1-9,20H,(H,21,22,23);/q;+1/p-1. The van der Waals surface area contributed by atoms with Crippen molar-refractivity contribution in [3.63, 3.8) is 0 Å². The average Bonchev–Trinajstić information content (AvgIpc) is 2.53. The fourth-order valence-corrected chi connectivity index (χ4v) is 3.01. The number of hydrogen-bond acceptors (Lipinski definition) is 6. The predicted octanol–water partition coefficient (Wildman–Crippen LogP) is 1.63. The van der Waals surface area contributed by atoms with E-state index in [0.29, 0.717) is 11.4 Å². The maximum absolute atomic E-state index is 10.9. The average molecular weight is 429 g/mol. The summed E-state index contributed by atoms with van der Waals surface area (Å²) in [5.74, 6) is -0.0210. The topological polar surface area (TPSA) is 102 Å². The van der Waals surface area contributed by atoms with Crippen LogP contribution in [0.1, 0.15) is 0 Å². The minimum absolute atomic E-state index is 0. The molecule has 3 rings (SSSR count). The molecule has 0 amide bonds. The molecule has 9 heteroatoms. The zero-order valence-electron chi connectivity index (χ0n) is 13.0. The van der Waals surface area contributed by atoms with Crippen LogP contribution in [0.4, 0.5) is 11.4 Å². The molecule has 0 saturated carbocycles. The monoisotopic (exact) mass is 428 g/mol. The molecule has 0 aromatic heterocycles. The number of benzene rings is 3. The molecule has 0 aliphatic carbocycles. The third-order valence-electron chi connectivity index (χ3n) is 3.32. The van der Waals surface area contributed by atoms with Gasteiger partial charge in [-0.3, -0.25) is 0 Å². The molecule has 122 valence electrons. The largest absolute Gasteiger partial charge is 1.00 e. The van der Waals surface area contributed by atoms with E-state index in [2.05, 4.69) is 26.2 Å². The van der Waals surface area contributed by atoms with Crippen LogP contribution in [0.5, 0.6) is 5.75 Å². The quantitative estimate of drug-likeness (QED) is 0.389. The molecular weight excluding hydrogens is 419 g/mol. The van der Waals surface area contributed by atoms with Crippen molar-refractivity contribution in [3.05, 3.63) is 59.1 Å². The van der Waals surface area contributed by atoms with E-state index < -0.39 is 10.1 Å². The molecule has 25 heavy (non-hydrogen) atoms. The van der Waals surface area contributed by atoms with Crippen LogP contribution >= 0.6 is 15.9 Å². The first-order chi connectivity index (χ1) is 11.3. The number of fused-ring (bicyclic) bond motifs is 1. The number of nitrogens with zero attached hydrogens (tertiary/aromatic N) is 2. The number of rotatable bonds is 3. The fourth-order valence-electron chi connectivity index (χ4n) is 2.17. The van der Waals surface area contributed by atoms with E-state index in [1.807, 2.05) is 12.1 Å². The van der Waals surface area contributed by atoms with Gasteiger partial charge in [0.15, 0.2) is 0 Å². The maximum Gasteiger partial charge on any atom is 1.00 e. The molecule has 0 atom stereocenters.